The molecule has 0 aliphatic carbocycles. The number of sulfonamides is 1. The van der Waals surface area contributed by atoms with Crippen LogP contribution in [0.25, 0.3) is 0 Å². The topological polar surface area (TPSA) is 85.1 Å². The zero-order valence-corrected chi connectivity index (χ0v) is 12.4. The summed E-state index contributed by atoms with van der Waals surface area (Å²) >= 11 is 1.47. The lowest BCUT2D eigenvalue weighted by Gasteiger charge is -2.08. The summed E-state index contributed by atoms with van der Waals surface area (Å²) in [5.74, 6) is -0.747. The minimum atomic E-state index is -3.81. The van der Waals surface area contributed by atoms with Gasteiger partial charge in [0.1, 0.15) is 10.7 Å². The number of nitrogens with zero attached hydrogens (tertiary/aromatic N) is 1. The van der Waals surface area contributed by atoms with Crippen LogP contribution in [-0.2, 0) is 16.4 Å². The summed E-state index contributed by atoms with van der Waals surface area (Å²) in [6.45, 7) is 2.06. The number of benzene rings is 1. The molecule has 0 aliphatic rings. The first-order chi connectivity index (χ1) is 9.40. The Bertz CT molecular complexity index is 713. The van der Waals surface area contributed by atoms with E-state index in [0.717, 1.165) is 16.8 Å². The van der Waals surface area contributed by atoms with E-state index in [-0.39, 0.29) is 17.1 Å². The van der Waals surface area contributed by atoms with Gasteiger partial charge in [0, 0.05) is 24.0 Å². The first kappa shape index (κ1) is 14.9. The van der Waals surface area contributed by atoms with Gasteiger partial charge in [-0.25, -0.2) is 22.5 Å². The van der Waals surface area contributed by atoms with Crippen molar-refractivity contribution in [1.82, 2.24) is 9.71 Å². The number of hydrogen-bond acceptors (Lipinski definition) is 5. The minimum Gasteiger partial charge on any atom is -0.395 e. The smallest absolute Gasteiger partial charge is 0.242 e. The number of nitrogen functional groups attached to an aromatic ring is 1. The summed E-state index contributed by atoms with van der Waals surface area (Å²) in [6, 6.07) is 3.70. The molecule has 0 aliphatic heterocycles. The summed E-state index contributed by atoms with van der Waals surface area (Å²) < 4.78 is 39.7. The predicted molar refractivity (Wildman–Crippen MR) is 76.6 cm³/mol. The van der Waals surface area contributed by atoms with Gasteiger partial charge in [-0.1, -0.05) is 6.07 Å². The molecule has 0 spiro atoms. The fraction of sp³-hybridized carbons (Fsp3) is 0.250. The van der Waals surface area contributed by atoms with E-state index in [1.54, 1.807) is 0 Å². The number of para-hydroxylation sites is 1. The highest BCUT2D eigenvalue weighted by Crippen LogP contribution is 2.20. The monoisotopic (exact) mass is 315 g/mol. The molecule has 0 amide bonds. The third-order valence-corrected chi connectivity index (χ3v) is 5.15. The first-order valence-electron chi connectivity index (χ1n) is 5.85. The number of rotatable bonds is 5. The fourth-order valence-electron chi connectivity index (χ4n) is 1.64. The molecule has 1 aromatic carbocycles. The predicted octanol–water partition coefficient (Wildman–Crippen LogP) is 1.69. The van der Waals surface area contributed by atoms with E-state index in [9.17, 15) is 12.8 Å². The molecule has 0 saturated heterocycles. The number of nitrogens with one attached hydrogen (secondary N) is 1. The highest BCUT2D eigenvalue weighted by atomic mass is 32.2. The van der Waals surface area contributed by atoms with Crippen molar-refractivity contribution < 1.29 is 12.8 Å². The standard InChI is InChI=1S/C12H14FN3O2S2/c1-8-7-19-11(16-8)5-6-15-20(17,18)10-4-2-3-9(13)12(10)14/h2-4,7,15H,5-6,14H2,1H3. The SMILES string of the molecule is Cc1csc(CCNS(=O)(=O)c2cccc(F)c2N)n1. The molecule has 108 valence electrons. The van der Waals surface area contributed by atoms with Crippen molar-refractivity contribution in [3.05, 3.63) is 40.1 Å². The minimum absolute atomic E-state index is 0.186. The van der Waals surface area contributed by atoms with Gasteiger partial charge >= 0.3 is 0 Å². The second-order valence-corrected chi connectivity index (χ2v) is 6.86. The van der Waals surface area contributed by atoms with E-state index in [1.807, 2.05) is 12.3 Å². The second kappa shape index (κ2) is 5.86. The zero-order valence-electron chi connectivity index (χ0n) is 10.8. The van der Waals surface area contributed by atoms with Gasteiger partial charge in [-0.15, -0.1) is 11.3 Å². The first-order valence-corrected chi connectivity index (χ1v) is 8.21. The van der Waals surface area contributed by atoms with Gasteiger partial charge in [0.05, 0.1) is 10.7 Å². The van der Waals surface area contributed by atoms with Crippen molar-refractivity contribution in [3.63, 3.8) is 0 Å². The third-order valence-electron chi connectivity index (χ3n) is 2.60. The average Bonchev–Trinajstić information content (AvgIpc) is 2.78. The number of aromatic nitrogens is 1. The highest BCUT2D eigenvalue weighted by molar-refractivity contribution is 7.89. The Labute approximate surface area is 120 Å². The second-order valence-electron chi connectivity index (χ2n) is 4.18. The maximum absolute atomic E-state index is 13.3. The molecule has 0 unspecified atom stereocenters. The Balaban J connectivity index is 2.06. The van der Waals surface area contributed by atoms with Crippen LogP contribution in [0.1, 0.15) is 10.7 Å². The summed E-state index contributed by atoms with van der Waals surface area (Å²) in [4.78, 5) is 3.99. The van der Waals surface area contributed by atoms with Gasteiger partial charge in [0.2, 0.25) is 10.0 Å². The molecule has 2 aromatic rings. The van der Waals surface area contributed by atoms with E-state index in [0.29, 0.717) is 6.42 Å². The molecule has 0 saturated carbocycles. The zero-order chi connectivity index (χ0) is 14.8. The van der Waals surface area contributed by atoms with Crippen LogP contribution in [0.2, 0.25) is 0 Å². The van der Waals surface area contributed by atoms with E-state index in [4.69, 9.17) is 5.73 Å². The van der Waals surface area contributed by atoms with Gasteiger partial charge in [-0.2, -0.15) is 0 Å². The Morgan fingerprint density at radius 1 is 1.45 bits per heavy atom. The molecule has 0 atom stereocenters. The highest BCUT2D eigenvalue weighted by Gasteiger charge is 2.19. The number of anilines is 1. The Morgan fingerprint density at radius 3 is 2.85 bits per heavy atom. The van der Waals surface area contributed by atoms with Crippen molar-refractivity contribution in [1.29, 1.82) is 0 Å². The Morgan fingerprint density at radius 2 is 2.20 bits per heavy atom. The maximum atomic E-state index is 13.3. The van der Waals surface area contributed by atoms with Crippen LogP contribution >= 0.6 is 11.3 Å². The van der Waals surface area contributed by atoms with Crippen molar-refractivity contribution >= 4 is 27.0 Å². The normalized spacial score (nSPS) is 11.7. The van der Waals surface area contributed by atoms with Gasteiger partial charge in [0.25, 0.3) is 0 Å². The maximum Gasteiger partial charge on any atom is 0.242 e. The largest absolute Gasteiger partial charge is 0.395 e. The number of halogens is 1. The third kappa shape index (κ3) is 3.33. The Kier molecular flexibility index (Phi) is 4.36. The van der Waals surface area contributed by atoms with E-state index in [1.165, 1.54) is 23.5 Å². The summed E-state index contributed by atoms with van der Waals surface area (Å²) in [5, 5.41) is 2.74. The lowest BCUT2D eigenvalue weighted by Crippen LogP contribution is -2.27. The quantitative estimate of drug-likeness (QED) is 0.822. The molecular formula is C12H14FN3O2S2. The van der Waals surface area contributed by atoms with E-state index in [2.05, 4.69) is 9.71 Å². The van der Waals surface area contributed by atoms with Crippen LogP contribution in [-0.4, -0.2) is 19.9 Å². The molecule has 5 nitrogen and oxygen atoms in total. The summed E-state index contributed by atoms with van der Waals surface area (Å²) in [7, 11) is -3.81. The summed E-state index contributed by atoms with van der Waals surface area (Å²) in [5.41, 5.74) is 5.99. The van der Waals surface area contributed by atoms with Crippen LogP contribution in [0.4, 0.5) is 10.1 Å². The van der Waals surface area contributed by atoms with Crippen LogP contribution in [0.15, 0.2) is 28.5 Å². The van der Waals surface area contributed by atoms with Gasteiger partial charge in [-0.05, 0) is 19.1 Å². The van der Waals surface area contributed by atoms with E-state index < -0.39 is 15.8 Å². The number of hydrogen-bond donors (Lipinski definition) is 2. The molecule has 0 radical (unpaired) electrons. The summed E-state index contributed by atoms with van der Waals surface area (Å²) in [6.07, 6.45) is 0.479. The Hall–Kier alpha value is -1.51. The lowest BCUT2D eigenvalue weighted by atomic mass is 10.3. The molecule has 0 fully saturated rings. The van der Waals surface area contributed by atoms with Crippen molar-refractivity contribution in [2.45, 2.75) is 18.2 Å². The van der Waals surface area contributed by atoms with Gasteiger partial charge in [0.15, 0.2) is 0 Å². The molecule has 8 heteroatoms. The van der Waals surface area contributed by atoms with Crippen molar-refractivity contribution in [2.24, 2.45) is 0 Å². The molecule has 1 aromatic heterocycles. The van der Waals surface area contributed by atoms with Crippen LogP contribution in [0.3, 0.4) is 0 Å². The van der Waals surface area contributed by atoms with Crippen molar-refractivity contribution in [3.8, 4) is 0 Å². The molecular weight excluding hydrogens is 301 g/mol. The van der Waals surface area contributed by atoms with E-state index >= 15 is 0 Å². The van der Waals surface area contributed by atoms with Crippen molar-refractivity contribution in [2.75, 3.05) is 12.3 Å². The molecule has 0 bridgehead atoms. The van der Waals surface area contributed by atoms with Gasteiger partial charge < -0.3 is 5.73 Å². The number of aryl methyl sites for hydroxylation is 1. The van der Waals surface area contributed by atoms with Crippen LogP contribution in [0.5, 0.6) is 0 Å². The number of thiazole rings is 1. The molecule has 2 rings (SSSR count). The lowest BCUT2D eigenvalue weighted by molar-refractivity contribution is 0.579. The molecule has 3 N–H and O–H groups in total. The number of nitrogens with two attached hydrogens (primary N) is 1. The van der Waals surface area contributed by atoms with Crippen LogP contribution < -0.4 is 10.5 Å². The molecule has 1 heterocycles. The fourth-order valence-corrected chi connectivity index (χ4v) is 3.59. The molecule has 20 heavy (non-hydrogen) atoms. The average molecular weight is 315 g/mol. The van der Waals surface area contributed by atoms with Gasteiger partial charge in [-0.3, -0.25) is 0 Å². The van der Waals surface area contributed by atoms with Crippen LogP contribution in [0, 0.1) is 12.7 Å².